The predicted octanol–water partition coefficient (Wildman–Crippen LogP) is 4.43. The largest absolute Gasteiger partial charge is 0.487 e. The lowest BCUT2D eigenvalue weighted by molar-refractivity contribution is 0.302. The van der Waals surface area contributed by atoms with E-state index in [1.807, 2.05) is 18.2 Å². The zero-order valence-corrected chi connectivity index (χ0v) is 18.8. The Hall–Kier alpha value is -4.33. The molecule has 1 aliphatic heterocycles. The summed E-state index contributed by atoms with van der Waals surface area (Å²) in [6.45, 7) is 3.30. The van der Waals surface area contributed by atoms with Gasteiger partial charge in [0.15, 0.2) is 5.82 Å². The fourth-order valence-electron chi connectivity index (χ4n) is 4.51. The highest BCUT2D eigenvalue weighted by molar-refractivity contribution is 5.93. The number of fused-ring (bicyclic) bond motifs is 3. The minimum absolute atomic E-state index is 0.394. The Kier molecular flexibility index (Phi) is 5.10. The van der Waals surface area contributed by atoms with Gasteiger partial charge in [-0.25, -0.2) is 4.98 Å². The minimum Gasteiger partial charge on any atom is -0.487 e. The van der Waals surface area contributed by atoms with Crippen LogP contribution in [0, 0.1) is 0 Å². The average Bonchev–Trinajstić information content (AvgIpc) is 3.47. The molecule has 4 heterocycles. The van der Waals surface area contributed by atoms with Gasteiger partial charge in [0.1, 0.15) is 18.2 Å². The molecule has 2 aromatic carbocycles. The van der Waals surface area contributed by atoms with Crippen LogP contribution in [-0.4, -0.2) is 35.2 Å². The van der Waals surface area contributed by atoms with Crippen molar-refractivity contribution < 1.29 is 4.74 Å². The summed E-state index contributed by atoms with van der Waals surface area (Å²) >= 11 is 0. The molecule has 0 spiro atoms. The number of aromatic nitrogens is 7. The van der Waals surface area contributed by atoms with Crippen molar-refractivity contribution in [3.05, 3.63) is 94.8 Å². The van der Waals surface area contributed by atoms with Crippen LogP contribution in [0.3, 0.4) is 0 Å². The van der Waals surface area contributed by atoms with E-state index in [2.05, 4.69) is 79.6 Å². The summed E-state index contributed by atoms with van der Waals surface area (Å²) in [5, 5.41) is 14.4. The molecule has 0 amide bonds. The quantitative estimate of drug-likeness (QED) is 0.427. The number of hydrogen-bond acceptors (Lipinski definition) is 6. The molecule has 1 N–H and O–H groups in total. The molecule has 6 rings (SSSR count). The third-order valence-corrected chi connectivity index (χ3v) is 6.06. The van der Waals surface area contributed by atoms with Crippen LogP contribution in [0.5, 0.6) is 5.75 Å². The Morgan fingerprint density at radius 3 is 2.91 bits per heavy atom. The van der Waals surface area contributed by atoms with Crippen LogP contribution in [0.25, 0.3) is 22.7 Å². The van der Waals surface area contributed by atoms with Gasteiger partial charge in [0.05, 0.1) is 16.7 Å². The highest BCUT2D eigenvalue weighted by atomic mass is 16.5. The molecule has 0 atom stereocenters. The number of aromatic amines is 1. The van der Waals surface area contributed by atoms with Crippen LogP contribution in [0.15, 0.2) is 60.8 Å². The predicted molar refractivity (Wildman–Crippen MR) is 129 cm³/mol. The highest BCUT2D eigenvalue weighted by Crippen LogP contribution is 2.37. The summed E-state index contributed by atoms with van der Waals surface area (Å²) in [6.07, 6.45) is 5.69. The number of tetrazole rings is 1. The molecule has 1 aliphatic rings. The summed E-state index contributed by atoms with van der Waals surface area (Å²) in [6, 6.07) is 18.7. The topological polar surface area (TPSA) is 94.4 Å². The van der Waals surface area contributed by atoms with E-state index in [-0.39, 0.29) is 0 Å². The van der Waals surface area contributed by atoms with Gasteiger partial charge in [-0.05, 0) is 53.1 Å². The molecule has 0 saturated carbocycles. The Labute approximate surface area is 196 Å². The molecule has 0 fully saturated rings. The van der Waals surface area contributed by atoms with Gasteiger partial charge in [-0.1, -0.05) is 37.3 Å². The van der Waals surface area contributed by atoms with Crippen LogP contribution in [-0.2, 0) is 19.6 Å². The maximum atomic E-state index is 6.26. The molecular weight excluding hydrogens is 426 g/mol. The number of ether oxygens (including phenoxy) is 1. The maximum Gasteiger partial charge on any atom is 0.198 e. The summed E-state index contributed by atoms with van der Waals surface area (Å²) in [7, 11) is 0. The van der Waals surface area contributed by atoms with Gasteiger partial charge in [-0.3, -0.25) is 4.98 Å². The van der Waals surface area contributed by atoms with E-state index in [9.17, 15) is 0 Å². The number of hydrogen-bond donors (Lipinski definition) is 1. The second-order valence-corrected chi connectivity index (χ2v) is 8.30. The molecule has 8 nitrogen and oxygen atoms in total. The van der Waals surface area contributed by atoms with Gasteiger partial charge >= 0.3 is 0 Å². The zero-order chi connectivity index (χ0) is 22.9. The highest BCUT2D eigenvalue weighted by Gasteiger charge is 2.21. The molecule has 8 heteroatoms. The van der Waals surface area contributed by atoms with Crippen molar-refractivity contribution in [1.82, 2.24) is 35.2 Å². The Balaban J connectivity index is 1.43. The summed E-state index contributed by atoms with van der Waals surface area (Å²) < 4.78 is 8.57. The Bertz CT molecular complexity index is 1500. The molecule has 0 aliphatic carbocycles. The lowest BCUT2D eigenvalue weighted by Gasteiger charge is -2.13. The number of aryl methyl sites for hydroxylation is 1. The molecule has 5 aromatic rings. The van der Waals surface area contributed by atoms with E-state index in [1.165, 1.54) is 0 Å². The van der Waals surface area contributed by atoms with Crippen molar-refractivity contribution in [3.63, 3.8) is 0 Å². The van der Waals surface area contributed by atoms with Crippen molar-refractivity contribution in [2.75, 3.05) is 0 Å². The zero-order valence-electron chi connectivity index (χ0n) is 18.8. The standard InChI is InChI=1S/C26H23N7O/c1-2-6-26-28-21-8-3-4-9-23(21)33(26)15-17-10-11-19-20(14-25-29-31-32-30-25)18-7-5-12-27-22(18)16-34-24(19)13-17/h3-5,7-14H,2,6,15-16H2,1H3,(H,29,30,31,32). The lowest BCUT2D eigenvalue weighted by Crippen LogP contribution is -2.06. The van der Waals surface area contributed by atoms with Crippen molar-refractivity contribution >= 4 is 22.7 Å². The van der Waals surface area contributed by atoms with Gasteiger partial charge in [-0.2, -0.15) is 5.21 Å². The monoisotopic (exact) mass is 449 g/mol. The summed E-state index contributed by atoms with van der Waals surface area (Å²) in [5.74, 6) is 2.43. The Morgan fingerprint density at radius 1 is 1.09 bits per heavy atom. The fraction of sp³-hybridized carbons (Fsp3) is 0.192. The van der Waals surface area contributed by atoms with E-state index in [0.717, 1.165) is 70.0 Å². The first-order chi connectivity index (χ1) is 16.8. The van der Waals surface area contributed by atoms with Crippen molar-refractivity contribution in [2.24, 2.45) is 0 Å². The van der Waals surface area contributed by atoms with Crippen LogP contribution in [0.1, 0.15) is 47.4 Å². The lowest BCUT2D eigenvalue weighted by atomic mass is 9.95. The number of imidazole rings is 1. The first kappa shape index (κ1) is 20.3. The third-order valence-electron chi connectivity index (χ3n) is 6.06. The van der Waals surface area contributed by atoms with Crippen molar-refractivity contribution in [2.45, 2.75) is 32.9 Å². The smallest absolute Gasteiger partial charge is 0.198 e. The van der Waals surface area contributed by atoms with Gasteiger partial charge in [0.25, 0.3) is 0 Å². The molecule has 34 heavy (non-hydrogen) atoms. The second-order valence-electron chi connectivity index (χ2n) is 8.30. The van der Waals surface area contributed by atoms with E-state index in [4.69, 9.17) is 9.72 Å². The van der Waals surface area contributed by atoms with E-state index >= 15 is 0 Å². The van der Waals surface area contributed by atoms with Gasteiger partial charge < -0.3 is 9.30 Å². The number of nitrogens with one attached hydrogen (secondary N) is 1. The van der Waals surface area contributed by atoms with E-state index < -0.39 is 0 Å². The number of rotatable bonds is 5. The molecule has 0 radical (unpaired) electrons. The summed E-state index contributed by atoms with van der Waals surface area (Å²) in [5.41, 5.74) is 7.15. The van der Waals surface area contributed by atoms with E-state index in [0.29, 0.717) is 12.4 Å². The van der Waals surface area contributed by atoms with Crippen LogP contribution < -0.4 is 4.74 Å². The van der Waals surface area contributed by atoms with Gasteiger partial charge in [0, 0.05) is 30.3 Å². The molecule has 0 unspecified atom stereocenters. The summed E-state index contributed by atoms with van der Waals surface area (Å²) in [4.78, 5) is 9.42. The number of para-hydroxylation sites is 2. The van der Waals surface area contributed by atoms with Crippen LogP contribution in [0.4, 0.5) is 0 Å². The molecule has 0 bridgehead atoms. The normalized spacial score (nSPS) is 14.0. The number of H-pyrrole nitrogens is 1. The Morgan fingerprint density at radius 2 is 2.03 bits per heavy atom. The van der Waals surface area contributed by atoms with E-state index in [1.54, 1.807) is 6.20 Å². The first-order valence-electron chi connectivity index (χ1n) is 11.4. The molecule has 0 saturated heterocycles. The third kappa shape index (κ3) is 3.63. The van der Waals surface area contributed by atoms with Crippen LogP contribution in [0.2, 0.25) is 0 Å². The van der Waals surface area contributed by atoms with Crippen LogP contribution >= 0.6 is 0 Å². The van der Waals surface area contributed by atoms with Gasteiger partial charge in [-0.15, -0.1) is 10.2 Å². The fourth-order valence-corrected chi connectivity index (χ4v) is 4.51. The maximum absolute atomic E-state index is 6.26. The molecule has 3 aromatic heterocycles. The van der Waals surface area contributed by atoms with Crippen molar-refractivity contribution in [3.8, 4) is 5.75 Å². The molecular formula is C26H23N7O. The molecule has 168 valence electrons. The first-order valence-corrected chi connectivity index (χ1v) is 11.4. The number of nitrogens with zero attached hydrogens (tertiary/aromatic N) is 6. The minimum atomic E-state index is 0.394. The average molecular weight is 450 g/mol. The van der Waals surface area contributed by atoms with Gasteiger partial charge in [0.2, 0.25) is 0 Å². The second kappa shape index (κ2) is 8.55. The SMILES string of the molecule is CCCc1nc2ccccc2n1Cc1ccc2c(c1)OCc1ncccc1C2=Cc1nn[nH]n1. The number of pyridine rings is 1. The van der Waals surface area contributed by atoms with Crippen molar-refractivity contribution in [1.29, 1.82) is 0 Å². The number of benzene rings is 2.